The van der Waals surface area contributed by atoms with Crippen LogP contribution in [0.25, 0.3) is 0 Å². The molecule has 1 rings (SSSR count). The van der Waals surface area contributed by atoms with Crippen molar-refractivity contribution < 1.29 is 4.79 Å². The van der Waals surface area contributed by atoms with E-state index in [9.17, 15) is 4.79 Å². The second-order valence-electron chi connectivity index (χ2n) is 4.80. The number of hydrogen-bond acceptors (Lipinski definition) is 1. The van der Waals surface area contributed by atoms with Crippen LogP contribution in [0, 0.1) is 11.8 Å². The molecule has 0 aromatic rings. The predicted molar refractivity (Wildman–Crippen MR) is 63.5 cm³/mol. The van der Waals surface area contributed by atoms with Crippen molar-refractivity contribution in [1.29, 1.82) is 0 Å². The smallest absolute Gasteiger partial charge is 0.220 e. The molecule has 0 radical (unpaired) electrons. The third-order valence-corrected chi connectivity index (χ3v) is 3.15. The topological polar surface area (TPSA) is 29.1 Å². The van der Waals surface area contributed by atoms with Gasteiger partial charge in [0, 0.05) is 12.5 Å². The lowest BCUT2D eigenvalue weighted by molar-refractivity contribution is -0.122. The first-order valence-electron chi connectivity index (χ1n) is 6.09. The van der Waals surface area contributed by atoms with Crippen molar-refractivity contribution in [3.63, 3.8) is 0 Å². The van der Waals surface area contributed by atoms with Crippen molar-refractivity contribution in [3.8, 4) is 0 Å². The number of carbonyl (C=O) groups excluding carboxylic acids is 1. The maximum absolute atomic E-state index is 11.7. The van der Waals surface area contributed by atoms with Crippen molar-refractivity contribution in [1.82, 2.24) is 5.32 Å². The van der Waals surface area contributed by atoms with Crippen LogP contribution in [0.5, 0.6) is 0 Å². The van der Waals surface area contributed by atoms with E-state index in [0.717, 1.165) is 19.3 Å². The number of amides is 1. The third kappa shape index (κ3) is 4.06. The first kappa shape index (κ1) is 12.3. The Balaban J connectivity index is 2.30. The van der Waals surface area contributed by atoms with Crippen LogP contribution in [0.1, 0.15) is 46.5 Å². The van der Waals surface area contributed by atoms with Gasteiger partial charge in [-0.05, 0) is 31.1 Å². The highest BCUT2D eigenvalue weighted by Crippen LogP contribution is 2.20. The predicted octanol–water partition coefficient (Wildman–Crippen LogP) is 2.89. The third-order valence-electron chi connectivity index (χ3n) is 3.15. The van der Waals surface area contributed by atoms with E-state index in [1.54, 1.807) is 0 Å². The molecule has 0 aliphatic heterocycles. The fraction of sp³-hybridized carbons (Fsp3) is 0.769. The highest BCUT2D eigenvalue weighted by Gasteiger charge is 2.17. The molecule has 0 aromatic heterocycles. The van der Waals surface area contributed by atoms with Gasteiger partial charge < -0.3 is 5.32 Å². The molecular formula is C13H23NO. The van der Waals surface area contributed by atoms with Gasteiger partial charge in [0.15, 0.2) is 0 Å². The monoisotopic (exact) mass is 209 g/mol. The summed E-state index contributed by atoms with van der Waals surface area (Å²) in [5.41, 5.74) is 0. The molecule has 0 bridgehead atoms. The summed E-state index contributed by atoms with van der Waals surface area (Å²) in [6.45, 7) is 6.44. The van der Waals surface area contributed by atoms with Crippen LogP contribution in [0.4, 0.5) is 0 Å². The van der Waals surface area contributed by atoms with Crippen LogP contribution in [0.2, 0.25) is 0 Å². The van der Waals surface area contributed by atoms with Crippen molar-refractivity contribution >= 4 is 5.91 Å². The molecule has 2 nitrogen and oxygen atoms in total. The maximum atomic E-state index is 11.7. The summed E-state index contributed by atoms with van der Waals surface area (Å²) >= 11 is 0. The van der Waals surface area contributed by atoms with E-state index in [2.05, 4.69) is 38.2 Å². The lowest BCUT2D eigenvalue weighted by Crippen LogP contribution is -2.38. The number of allylic oxidation sites excluding steroid dienone is 2. The first-order valence-corrected chi connectivity index (χ1v) is 6.09. The SMILES string of the molecule is CC[C@H](NC(=O)C[C@@H]1C=CCC1)C(C)C. The Kier molecular flexibility index (Phi) is 4.86. The van der Waals surface area contributed by atoms with Gasteiger partial charge >= 0.3 is 0 Å². The summed E-state index contributed by atoms with van der Waals surface area (Å²) in [6.07, 6.45) is 8.32. The Labute approximate surface area is 93.1 Å². The van der Waals surface area contributed by atoms with Crippen molar-refractivity contribution in [2.24, 2.45) is 11.8 Å². The van der Waals surface area contributed by atoms with Gasteiger partial charge in [0.05, 0.1) is 0 Å². The Morgan fingerprint density at radius 2 is 2.27 bits per heavy atom. The minimum absolute atomic E-state index is 0.215. The van der Waals surface area contributed by atoms with Gasteiger partial charge in [-0.25, -0.2) is 0 Å². The molecule has 0 saturated carbocycles. The van der Waals surface area contributed by atoms with Gasteiger partial charge in [-0.15, -0.1) is 0 Å². The van der Waals surface area contributed by atoms with Crippen molar-refractivity contribution in [2.75, 3.05) is 0 Å². The van der Waals surface area contributed by atoms with E-state index < -0.39 is 0 Å². The van der Waals surface area contributed by atoms with Gasteiger partial charge in [-0.2, -0.15) is 0 Å². The second kappa shape index (κ2) is 5.94. The van der Waals surface area contributed by atoms with E-state index in [0.29, 0.717) is 24.3 Å². The maximum Gasteiger partial charge on any atom is 0.220 e. The molecule has 15 heavy (non-hydrogen) atoms. The Morgan fingerprint density at radius 3 is 2.73 bits per heavy atom. The van der Waals surface area contributed by atoms with Crippen LogP contribution >= 0.6 is 0 Å². The molecule has 0 heterocycles. The highest BCUT2D eigenvalue weighted by atomic mass is 16.1. The Hall–Kier alpha value is -0.790. The minimum Gasteiger partial charge on any atom is -0.353 e. The van der Waals surface area contributed by atoms with Gasteiger partial charge in [-0.1, -0.05) is 32.9 Å². The summed E-state index contributed by atoms with van der Waals surface area (Å²) < 4.78 is 0. The van der Waals surface area contributed by atoms with Crippen LogP contribution < -0.4 is 5.32 Å². The van der Waals surface area contributed by atoms with Gasteiger partial charge in [0.2, 0.25) is 5.91 Å². The summed E-state index contributed by atoms with van der Waals surface area (Å²) in [4.78, 5) is 11.7. The van der Waals surface area contributed by atoms with Crippen LogP contribution in [-0.2, 0) is 4.79 Å². The van der Waals surface area contributed by atoms with Crippen molar-refractivity contribution in [2.45, 2.75) is 52.5 Å². The Morgan fingerprint density at radius 1 is 1.53 bits per heavy atom. The summed E-state index contributed by atoms with van der Waals surface area (Å²) in [7, 11) is 0. The lowest BCUT2D eigenvalue weighted by Gasteiger charge is -2.21. The zero-order valence-corrected chi connectivity index (χ0v) is 10.1. The standard InChI is InChI=1S/C13H23NO/c1-4-12(10(2)3)14-13(15)9-11-7-5-6-8-11/h5,7,10-12H,4,6,8-9H2,1-3H3,(H,14,15)/t11-,12+/m1/s1. The van der Waals surface area contributed by atoms with Gasteiger partial charge in [0.1, 0.15) is 0 Å². The minimum atomic E-state index is 0.215. The quantitative estimate of drug-likeness (QED) is 0.693. The molecule has 0 unspecified atom stereocenters. The fourth-order valence-electron chi connectivity index (χ4n) is 2.11. The van der Waals surface area contributed by atoms with E-state index in [1.807, 2.05) is 0 Å². The van der Waals surface area contributed by atoms with Gasteiger partial charge in [-0.3, -0.25) is 4.79 Å². The van der Waals surface area contributed by atoms with E-state index in [-0.39, 0.29) is 5.91 Å². The first-order chi connectivity index (χ1) is 7.13. The summed E-state index contributed by atoms with van der Waals surface area (Å²) in [5.74, 6) is 1.22. The van der Waals surface area contributed by atoms with E-state index >= 15 is 0 Å². The number of rotatable bonds is 5. The zero-order chi connectivity index (χ0) is 11.3. The summed E-state index contributed by atoms with van der Waals surface area (Å²) in [6, 6.07) is 0.336. The molecule has 1 N–H and O–H groups in total. The molecule has 1 amide bonds. The molecule has 1 aliphatic rings. The molecule has 2 heteroatoms. The zero-order valence-electron chi connectivity index (χ0n) is 10.1. The van der Waals surface area contributed by atoms with E-state index in [4.69, 9.17) is 0 Å². The molecule has 0 spiro atoms. The Bertz CT molecular complexity index is 233. The summed E-state index contributed by atoms with van der Waals surface area (Å²) in [5, 5.41) is 3.12. The van der Waals surface area contributed by atoms with Gasteiger partial charge in [0.25, 0.3) is 0 Å². The fourth-order valence-corrected chi connectivity index (χ4v) is 2.11. The average Bonchev–Trinajstić information content (AvgIpc) is 2.66. The molecule has 0 fully saturated rings. The number of nitrogens with one attached hydrogen (secondary N) is 1. The largest absolute Gasteiger partial charge is 0.353 e. The molecular weight excluding hydrogens is 186 g/mol. The van der Waals surface area contributed by atoms with Crippen molar-refractivity contribution in [3.05, 3.63) is 12.2 Å². The normalized spacial score (nSPS) is 22.0. The molecule has 1 aliphatic carbocycles. The molecule has 86 valence electrons. The number of hydrogen-bond donors (Lipinski definition) is 1. The molecule has 0 saturated heterocycles. The second-order valence-corrected chi connectivity index (χ2v) is 4.80. The van der Waals surface area contributed by atoms with E-state index in [1.165, 1.54) is 0 Å². The number of carbonyl (C=O) groups is 1. The highest BCUT2D eigenvalue weighted by molar-refractivity contribution is 5.76. The van der Waals surface area contributed by atoms with Crippen LogP contribution in [0.15, 0.2) is 12.2 Å². The molecule has 0 aromatic carbocycles. The molecule has 2 atom stereocenters. The van der Waals surface area contributed by atoms with Crippen LogP contribution in [0.3, 0.4) is 0 Å². The lowest BCUT2D eigenvalue weighted by atomic mass is 10.00. The average molecular weight is 209 g/mol. The van der Waals surface area contributed by atoms with Crippen LogP contribution in [-0.4, -0.2) is 11.9 Å².